The Morgan fingerprint density at radius 2 is 1.57 bits per heavy atom. The molecular formula is C10H25BrN2S. The third kappa shape index (κ3) is 10.8. The summed E-state index contributed by atoms with van der Waals surface area (Å²) in [5.74, 6) is 0.982. The van der Waals surface area contributed by atoms with Crippen LogP contribution in [0.1, 0.15) is 25.7 Å². The molecule has 0 saturated heterocycles. The van der Waals surface area contributed by atoms with Gasteiger partial charge in [0.05, 0.1) is 27.2 Å². The van der Waals surface area contributed by atoms with Gasteiger partial charge in [-0.3, -0.25) is 0 Å². The van der Waals surface area contributed by atoms with E-state index in [1.165, 1.54) is 38.8 Å². The molecule has 0 amide bonds. The van der Waals surface area contributed by atoms with Gasteiger partial charge in [-0.2, -0.15) is 12.6 Å². The number of nitrogens with zero attached hydrogens (tertiary/aromatic N) is 1. The average molecular weight is 285 g/mol. The molecule has 88 valence electrons. The first-order chi connectivity index (χ1) is 6.12. The Morgan fingerprint density at radius 3 is 2.07 bits per heavy atom. The minimum Gasteiger partial charge on any atom is -1.00 e. The smallest absolute Gasteiger partial charge is 0.0871 e. The molecule has 0 aromatic heterocycles. The van der Waals surface area contributed by atoms with Crippen molar-refractivity contribution in [2.75, 3.05) is 39.5 Å². The van der Waals surface area contributed by atoms with Gasteiger partial charge in [0.25, 0.3) is 0 Å². The molecule has 2 nitrogen and oxygen atoms in total. The second-order valence-corrected chi connectivity index (χ2v) is 4.76. The number of hydrogen-bond donors (Lipinski definition) is 2. The maximum atomic E-state index is 5.43. The molecule has 0 spiro atoms. The Hall–Kier alpha value is 0.750. The van der Waals surface area contributed by atoms with E-state index in [1.54, 1.807) is 0 Å². The summed E-state index contributed by atoms with van der Waals surface area (Å²) in [6.45, 7) is 3.28. The zero-order chi connectivity index (χ0) is 10.2. The Labute approximate surface area is 105 Å². The first-order valence-corrected chi connectivity index (χ1v) is 5.88. The minimum atomic E-state index is 0. The molecule has 0 aromatic rings. The third-order valence-corrected chi connectivity index (χ3v) is 2.62. The van der Waals surface area contributed by atoms with Crippen LogP contribution < -0.4 is 22.7 Å². The number of rotatable bonds is 8. The third-order valence-electron chi connectivity index (χ3n) is 2.42. The van der Waals surface area contributed by atoms with Crippen LogP contribution in [-0.2, 0) is 0 Å². The molecule has 0 bridgehead atoms. The Kier molecular flexibility index (Phi) is 12.6. The molecule has 0 unspecified atom stereocenters. The van der Waals surface area contributed by atoms with Gasteiger partial charge < -0.3 is 27.2 Å². The molecular weight excluding hydrogens is 260 g/mol. The number of quaternary nitrogens is 1. The fourth-order valence-corrected chi connectivity index (χ4v) is 1.96. The van der Waals surface area contributed by atoms with Crippen LogP contribution in [0.4, 0.5) is 0 Å². The van der Waals surface area contributed by atoms with Crippen LogP contribution >= 0.6 is 12.6 Å². The van der Waals surface area contributed by atoms with Crippen molar-refractivity contribution >= 4 is 12.6 Å². The van der Waals surface area contributed by atoms with E-state index < -0.39 is 0 Å². The quantitative estimate of drug-likeness (QED) is 0.317. The van der Waals surface area contributed by atoms with E-state index in [9.17, 15) is 0 Å². The van der Waals surface area contributed by atoms with Crippen LogP contribution in [-0.4, -0.2) is 44.0 Å². The van der Waals surface area contributed by atoms with E-state index in [0.29, 0.717) is 0 Å². The number of unbranched alkanes of at least 4 members (excludes halogenated alkanes) is 3. The lowest BCUT2D eigenvalue weighted by atomic mass is 10.2. The molecule has 0 aliphatic rings. The largest absolute Gasteiger partial charge is 1.00 e. The number of hydrogen-bond acceptors (Lipinski definition) is 2. The van der Waals surface area contributed by atoms with E-state index in [2.05, 4.69) is 26.7 Å². The predicted octanol–water partition coefficient (Wildman–Crippen LogP) is -1.48. The molecule has 14 heavy (non-hydrogen) atoms. The van der Waals surface area contributed by atoms with Gasteiger partial charge in [-0.25, -0.2) is 0 Å². The van der Waals surface area contributed by atoms with Crippen molar-refractivity contribution in [2.45, 2.75) is 25.7 Å². The average Bonchev–Trinajstić information content (AvgIpc) is 2.04. The van der Waals surface area contributed by atoms with Crippen LogP contribution in [0, 0.1) is 0 Å². The molecule has 0 radical (unpaired) electrons. The van der Waals surface area contributed by atoms with Crippen molar-refractivity contribution in [1.82, 2.24) is 0 Å². The number of halogens is 1. The predicted molar refractivity (Wildman–Crippen MR) is 63.2 cm³/mol. The fourth-order valence-electron chi connectivity index (χ4n) is 1.42. The minimum absolute atomic E-state index is 0. The normalized spacial score (nSPS) is 11.1. The van der Waals surface area contributed by atoms with E-state index in [-0.39, 0.29) is 17.0 Å². The summed E-state index contributed by atoms with van der Waals surface area (Å²) < 4.78 is 1.10. The molecule has 0 saturated carbocycles. The summed E-state index contributed by atoms with van der Waals surface area (Å²) in [6, 6.07) is 0. The van der Waals surface area contributed by atoms with Crippen LogP contribution in [0.5, 0.6) is 0 Å². The number of nitrogens with two attached hydrogens (primary N) is 1. The molecule has 0 aromatic carbocycles. The maximum absolute atomic E-state index is 5.43. The summed E-state index contributed by atoms with van der Waals surface area (Å²) in [5, 5.41) is 0. The topological polar surface area (TPSA) is 26.0 Å². The fraction of sp³-hybridized carbons (Fsp3) is 1.00. The molecule has 0 atom stereocenters. The first kappa shape index (κ1) is 17.2. The molecule has 4 heteroatoms. The SMILES string of the molecule is C[N+](C)(CCS)CCCCCCN.[Br-]. The van der Waals surface area contributed by atoms with Crippen molar-refractivity contribution < 1.29 is 21.5 Å². The lowest BCUT2D eigenvalue weighted by molar-refractivity contribution is -0.888. The summed E-state index contributed by atoms with van der Waals surface area (Å²) in [6.07, 6.45) is 5.11. The Balaban J connectivity index is 0. The van der Waals surface area contributed by atoms with Crippen molar-refractivity contribution in [1.29, 1.82) is 0 Å². The highest BCUT2D eigenvalue weighted by Gasteiger charge is 2.11. The summed E-state index contributed by atoms with van der Waals surface area (Å²) in [4.78, 5) is 0. The Bertz CT molecular complexity index is 121. The van der Waals surface area contributed by atoms with Gasteiger partial charge in [0.1, 0.15) is 0 Å². The lowest BCUT2D eigenvalue weighted by Gasteiger charge is -2.29. The first-order valence-electron chi connectivity index (χ1n) is 5.25. The standard InChI is InChI=1S/C10H24N2S.BrH/c1-12(2,9-10-13)8-6-4-3-5-7-11;/h3-11H2,1-2H3;1H. The number of thiol groups is 1. The molecule has 0 aliphatic heterocycles. The van der Waals surface area contributed by atoms with Crippen molar-refractivity contribution in [3.05, 3.63) is 0 Å². The van der Waals surface area contributed by atoms with Gasteiger partial charge in [-0.15, -0.1) is 0 Å². The van der Waals surface area contributed by atoms with Gasteiger partial charge in [0.2, 0.25) is 0 Å². The summed E-state index contributed by atoms with van der Waals surface area (Å²) >= 11 is 4.26. The monoisotopic (exact) mass is 284 g/mol. The zero-order valence-corrected chi connectivity index (χ0v) is 12.0. The molecule has 0 rings (SSSR count). The maximum Gasteiger partial charge on any atom is 0.0871 e. The highest BCUT2D eigenvalue weighted by molar-refractivity contribution is 7.80. The van der Waals surface area contributed by atoms with E-state index in [0.717, 1.165) is 16.8 Å². The summed E-state index contributed by atoms with van der Waals surface area (Å²) in [5.41, 5.74) is 5.43. The molecule has 2 N–H and O–H groups in total. The Morgan fingerprint density at radius 1 is 1.00 bits per heavy atom. The molecule has 0 aliphatic carbocycles. The van der Waals surface area contributed by atoms with Gasteiger partial charge in [0, 0.05) is 5.75 Å². The zero-order valence-electron chi connectivity index (χ0n) is 9.51. The second kappa shape index (κ2) is 10.3. The lowest BCUT2D eigenvalue weighted by Crippen LogP contribution is -3.00. The van der Waals surface area contributed by atoms with Gasteiger partial charge in [-0.05, 0) is 25.8 Å². The van der Waals surface area contributed by atoms with Crippen molar-refractivity contribution in [3.63, 3.8) is 0 Å². The van der Waals surface area contributed by atoms with E-state index >= 15 is 0 Å². The van der Waals surface area contributed by atoms with E-state index in [1.807, 2.05) is 0 Å². The highest BCUT2D eigenvalue weighted by Crippen LogP contribution is 2.05. The van der Waals surface area contributed by atoms with Crippen LogP contribution in [0.25, 0.3) is 0 Å². The van der Waals surface area contributed by atoms with E-state index in [4.69, 9.17) is 5.73 Å². The van der Waals surface area contributed by atoms with Gasteiger partial charge in [-0.1, -0.05) is 6.42 Å². The van der Waals surface area contributed by atoms with Crippen LogP contribution in [0.15, 0.2) is 0 Å². The molecule has 0 heterocycles. The molecule has 0 fully saturated rings. The highest BCUT2D eigenvalue weighted by atomic mass is 79.9. The van der Waals surface area contributed by atoms with Crippen molar-refractivity contribution in [3.8, 4) is 0 Å². The summed E-state index contributed by atoms with van der Waals surface area (Å²) in [7, 11) is 4.55. The van der Waals surface area contributed by atoms with Gasteiger partial charge >= 0.3 is 0 Å². The second-order valence-electron chi connectivity index (χ2n) is 4.31. The van der Waals surface area contributed by atoms with Crippen LogP contribution in [0.3, 0.4) is 0 Å². The van der Waals surface area contributed by atoms with Crippen LogP contribution in [0.2, 0.25) is 0 Å². The van der Waals surface area contributed by atoms with Gasteiger partial charge in [0.15, 0.2) is 0 Å². The van der Waals surface area contributed by atoms with Crippen molar-refractivity contribution in [2.24, 2.45) is 5.73 Å².